The van der Waals surface area contributed by atoms with Crippen LogP contribution < -0.4 is 15.0 Å². The Morgan fingerprint density at radius 3 is 2.67 bits per heavy atom. The number of anilines is 1. The zero-order valence-electron chi connectivity index (χ0n) is 14.8. The van der Waals surface area contributed by atoms with Crippen molar-refractivity contribution >= 4 is 17.5 Å². The molecule has 1 N–H and O–H groups in total. The second-order valence-corrected chi connectivity index (χ2v) is 6.19. The number of carbonyl (C=O) groups excluding carboxylic acids is 2. The van der Waals surface area contributed by atoms with Crippen molar-refractivity contribution in [1.29, 1.82) is 0 Å². The van der Waals surface area contributed by atoms with Crippen molar-refractivity contribution in [2.24, 2.45) is 0 Å². The first-order chi connectivity index (χ1) is 13.2. The number of carbonyl (C=O) groups is 2. The van der Waals surface area contributed by atoms with E-state index in [1.807, 2.05) is 30.3 Å². The Hall–Kier alpha value is -3.54. The Kier molecular flexibility index (Phi) is 4.38. The van der Waals surface area contributed by atoms with Gasteiger partial charge in [-0.1, -0.05) is 12.1 Å². The molecule has 0 fully saturated rings. The molecule has 6 nitrogen and oxygen atoms in total. The van der Waals surface area contributed by atoms with E-state index in [0.717, 1.165) is 17.0 Å². The summed E-state index contributed by atoms with van der Waals surface area (Å²) in [7, 11) is 1.60. The van der Waals surface area contributed by atoms with E-state index < -0.39 is 0 Å². The molecule has 0 bridgehead atoms. The fourth-order valence-corrected chi connectivity index (χ4v) is 3.20. The molecule has 0 atom stereocenters. The second-order valence-electron chi connectivity index (χ2n) is 6.19. The van der Waals surface area contributed by atoms with Crippen molar-refractivity contribution < 1.29 is 18.7 Å². The largest absolute Gasteiger partial charge is 0.497 e. The SMILES string of the molecule is COc1ccc(N2Cc3cccc(C(=O)NCc4ccco4)c3C2=O)cc1. The van der Waals surface area contributed by atoms with Crippen LogP contribution in [0.25, 0.3) is 0 Å². The molecule has 1 aromatic heterocycles. The molecule has 27 heavy (non-hydrogen) atoms. The summed E-state index contributed by atoms with van der Waals surface area (Å²) >= 11 is 0. The molecule has 2 aromatic carbocycles. The molecule has 1 aliphatic heterocycles. The molecule has 3 aromatic rings. The van der Waals surface area contributed by atoms with Gasteiger partial charge in [-0.3, -0.25) is 9.59 Å². The third-order valence-electron chi connectivity index (χ3n) is 4.57. The number of hydrogen-bond donors (Lipinski definition) is 1. The van der Waals surface area contributed by atoms with Gasteiger partial charge in [-0.15, -0.1) is 0 Å². The number of hydrogen-bond acceptors (Lipinski definition) is 4. The predicted molar refractivity (Wildman–Crippen MR) is 99.8 cm³/mol. The van der Waals surface area contributed by atoms with E-state index in [4.69, 9.17) is 9.15 Å². The highest BCUT2D eigenvalue weighted by Crippen LogP contribution is 2.31. The molecule has 0 radical (unpaired) electrons. The number of nitrogens with one attached hydrogen (secondary N) is 1. The highest BCUT2D eigenvalue weighted by atomic mass is 16.5. The monoisotopic (exact) mass is 362 g/mol. The van der Waals surface area contributed by atoms with Gasteiger partial charge in [-0.2, -0.15) is 0 Å². The Morgan fingerprint density at radius 2 is 1.96 bits per heavy atom. The summed E-state index contributed by atoms with van der Waals surface area (Å²) in [6.07, 6.45) is 1.55. The van der Waals surface area contributed by atoms with E-state index >= 15 is 0 Å². The summed E-state index contributed by atoms with van der Waals surface area (Å²) in [5.41, 5.74) is 2.42. The number of amides is 2. The standard InChI is InChI=1S/C21H18N2O4/c1-26-16-9-7-15(8-10-16)23-13-14-4-2-6-18(19(14)21(23)25)20(24)22-12-17-5-3-11-27-17/h2-11H,12-13H2,1H3,(H,22,24). The maximum atomic E-state index is 13.0. The van der Waals surface area contributed by atoms with Crippen LogP contribution in [-0.2, 0) is 13.1 Å². The van der Waals surface area contributed by atoms with Gasteiger partial charge in [-0.05, 0) is 48.0 Å². The summed E-state index contributed by atoms with van der Waals surface area (Å²) in [4.78, 5) is 27.3. The number of furan rings is 1. The molecule has 136 valence electrons. The van der Waals surface area contributed by atoms with E-state index in [-0.39, 0.29) is 18.4 Å². The van der Waals surface area contributed by atoms with Gasteiger partial charge < -0.3 is 19.4 Å². The molecule has 2 heterocycles. The fourth-order valence-electron chi connectivity index (χ4n) is 3.20. The van der Waals surface area contributed by atoms with E-state index in [0.29, 0.717) is 23.4 Å². The smallest absolute Gasteiger partial charge is 0.259 e. The molecule has 0 saturated heterocycles. The van der Waals surface area contributed by atoms with Crippen LogP contribution >= 0.6 is 0 Å². The number of nitrogens with zero attached hydrogens (tertiary/aromatic N) is 1. The first kappa shape index (κ1) is 16.9. The van der Waals surface area contributed by atoms with Gasteiger partial charge in [0.05, 0.1) is 37.6 Å². The Labute approximate surface area is 156 Å². The van der Waals surface area contributed by atoms with Crippen molar-refractivity contribution in [3.63, 3.8) is 0 Å². The Morgan fingerprint density at radius 1 is 1.15 bits per heavy atom. The highest BCUT2D eigenvalue weighted by Gasteiger charge is 2.32. The maximum absolute atomic E-state index is 13.0. The van der Waals surface area contributed by atoms with Crippen LogP contribution in [0.1, 0.15) is 32.0 Å². The lowest BCUT2D eigenvalue weighted by Crippen LogP contribution is -2.27. The summed E-state index contributed by atoms with van der Waals surface area (Å²) in [6.45, 7) is 0.700. The molecule has 0 unspecified atom stereocenters. The zero-order valence-corrected chi connectivity index (χ0v) is 14.8. The van der Waals surface area contributed by atoms with E-state index in [1.54, 1.807) is 42.5 Å². The number of ether oxygens (including phenoxy) is 1. The molecule has 4 rings (SSSR count). The van der Waals surface area contributed by atoms with E-state index in [2.05, 4.69) is 5.32 Å². The molecule has 2 amide bonds. The van der Waals surface area contributed by atoms with Gasteiger partial charge in [-0.25, -0.2) is 0 Å². The Balaban J connectivity index is 1.58. The van der Waals surface area contributed by atoms with Crippen LogP contribution in [0.2, 0.25) is 0 Å². The first-order valence-electron chi connectivity index (χ1n) is 8.56. The van der Waals surface area contributed by atoms with Crippen LogP contribution in [-0.4, -0.2) is 18.9 Å². The van der Waals surface area contributed by atoms with Gasteiger partial charge in [0.25, 0.3) is 11.8 Å². The topological polar surface area (TPSA) is 71.8 Å². The molecule has 0 saturated carbocycles. The maximum Gasteiger partial charge on any atom is 0.259 e. The first-order valence-corrected chi connectivity index (χ1v) is 8.56. The average molecular weight is 362 g/mol. The van der Waals surface area contributed by atoms with Gasteiger partial charge in [0.15, 0.2) is 0 Å². The zero-order chi connectivity index (χ0) is 18.8. The second kappa shape index (κ2) is 6.99. The van der Waals surface area contributed by atoms with E-state index in [9.17, 15) is 9.59 Å². The minimum atomic E-state index is -0.298. The summed E-state index contributed by atoms with van der Waals surface area (Å²) in [6, 6.07) is 16.2. The van der Waals surface area contributed by atoms with Crippen LogP contribution in [0.4, 0.5) is 5.69 Å². The minimum Gasteiger partial charge on any atom is -0.497 e. The number of benzene rings is 2. The fraction of sp³-hybridized carbons (Fsp3) is 0.143. The third-order valence-corrected chi connectivity index (χ3v) is 4.57. The summed E-state index contributed by atoms with van der Waals surface area (Å²) in [5, 5.41) is 2.80. The summed E-state index contributed by atoms with van der Waals surface area (Å²) in [5.74, 6) is 0.898. The van der Waals surface area contributed by atoms with Crippen LogP contribution in [0.5, 0.6) is 5.75 Å². The van der Waals surface area contributed by atoms with Crippen LogP contribution in [0.3, 0.4) is 0 Å². The lowest BCUT2D eigenvalue weighted by atomic mass is 10.0. The average Bonchev–Trinajstić information content (AvgIpc) is 3.34. The molecular formula is C21H18N2O4. The van der Waals surface area contributed by atoms with Crippen molar-refractivity contribution in [3.8, 4) is 5.75 Å². The molecule has 0 spiro atoms. The molecule has 6 heteroatoms. The van der Waals surface area contributed by atoms with Gasteiger partial charge >= 0.3 is 0 Å². The molecule has 0 aliphatic carbocycles. The van der Waals surface area contributed by atoms with Gasteiger partial charge in [0.2, 0.25) is 0 Å². The number of fused-ring (bicyclic) bond motifs is 1. The van der Waals surface area contributed by atoms with E-state index in [1.165, 1.54) is 0 Å². The lowest BCUT2D eigenvalue weighted by molar-refractivity contribution is 0.0932. The third kappa shape index (κ3) is 3.17. The Bertz CT molecular complexity index is 978. The number of rotatable bonds is 5. The number of methoxy groups -OCH3 is 1. The summed E-state index contributed by atoms with van der Waals surface area (Å²) < 4.78 is 10.4. The van der Waals surface area contributed by atoms with Crippen molar-refractivity contribution in [2.75, 3.05) is 12.0 Å². The highest BCUT2D eigenvalue weighted by molar-refractivity contribution is 6.16. The van der Waals surface area contributed by atoms with Crippen molar-refractivity contribution in [2.45, 2.75) is 13.1 Å². The minimum absolute atomic E-state index is 0.182. The lowest BCUT2D eigenvalue weighted by Gasteiger charge is -2.16. The van der Waals surface area contributed by atoms with Crippen molar-refractivity contribution in [3.05, 3.63) is 83.3 Å². The van der Waals surface area contributed by atoms with Crippen LogP contribution in [0.15, 0.2) is 65.3 Å². The normalized spacial score (nSPS) is 12.8. The van der Waals surface area contributed by atoms with Gasteiger partial charge in [0, 0.05) is 5.69 Å². The quantitative estimate of drug-likeness (QED) is 0.755. The van der Waals surface area contributed by atoms with Gasteiger partial charge in [0.1, 0.15) is 11.5 Å². The van der Waals surface area contributed by atoms with Crippen LogP contribution in [0, 0.1) is 0 Å². The molecular weight excluding hydrogens is 344 g/mol. The predicted octanol–water partition coefficient (Wildman–Crippen LogP) is 3.38. The molecule has 1 aliphatic rings. The van der Waals surface area contributed by atoms with Crippen molar-refractivity contribution in [1.82, 2.24) is 5.32 Å².